The normalized spacial score (nSPS) is 11.7. The number of allylic oxidation sites excluding steroid dienone is 2. The lowest BCUT2D eigenvalue weighted by molar-refractivity contribution is -0.134. The van der Waals surface area contributed by atoms with Gasteiger partial charge in [0.2, 0.25) is 0 Å². The first kappa shape index (κ1) is 17.4. The molecule has 6 heteroatoms. The number of benzene rings is 1. The van der Waals surface area contributed by atoms with Gasteiger partial charge in [0.05, 0.1) is 4.90 Å². The van der Waals surface area contributed by atoms with Crippen molar-refractivity contribution in [2.24, 2.45) is 0 Å². The van der Waals surface area contributed by atoms with Crippen LogP contribution in [0.1, 0.15) is 39.0 Å². The van der Waals surface area contributed by atoms with Crippen molar-refractivity contribution < 1.29 is 22.5 Å². The van der Waals surface area contributed by atoms with Crippen LogP contribution in [0.5, 0.6) is 5.75 Å². The van der Waals surface area contributed by atoms with E-state index < -0.39 is 10.1 Å². The molecule has 1 aromatic rings. The molecule has 1 N–H and O–H groups in total. The zero-order valence-corrected chi connectivity index (χ0v) is 12.8. The lowest BCUT2D eigenvalue weighted by atomic mass is 10.2. The van der Waals surface area contributed by atoms with Crippen molar-refractivity contribution in [1.82, 2.24) is 0 Å². The molecule has 0 aliphatic carbocycles. The molecular formula is C15H20O5S. The fraction of sp³-hybridized carbons (Fsp3) is 0.400. The summed E-state index contributed by atoms with van der Waals surface area (Å²) in [5, 5.41) is 0. The number of carbonyl (C=O) groups excluding carboxylic acids is 1. The van der Waals surface area contributed by atoms with Gasteiger partial charge >= 0.3 is 5.97 Å². The van der Waals surface area contributed by atoms with Crippen LogP contribution in [-0.2, 0) is 14.9 Å². The highest BCUT2D eigenvalue weighted by Crippen LogP contribution is 2.16. The minimum absolute atomic E-state index is 0.235. The van der Waals surface area contributed by atoms with E-state index in [1.165, 1.54) is 24.3 Å². The average Bonchev–Trinajstić information content (AvgIpc) is 2.42. The smallest absolute Gasteiger partial charge is 0.311 e. The molecular weight excluding hydrogens is 292 g/mol. The predicted octanol–water partition coefficient (Wildman–Crippen LogP) is 3.37. The lowest BCUT2D eigenvalue weighted by Gasteiger charge is -2.03. The minimum atomic E-state index is -4.22. The molecule has 0 amide bonds. The largest absolute Gasteiger partial charge is 0.427 e. The molecule has 0 bridgehead atoms. The molecule has 0 unspecified atom stereocenters. The first-order valence-electron chi connectivity index (χ1n) is 6.86. The van der Waals surface area contributed by atoms with Crippen LogP contribution < -0.4 is 4.74 Å². The number of esters is 1. The number of rotatable bonds is 8. The van der Waals surface area contributed by atoms with Crippen molar-refractivity contribution in [2.75, 3.05) is 0 Å². The summed E-state index contributed by atoms with van der Waals surface area (Å²) in [5.41, 5.74) is 0. The molecule has 21 heavy (non-hydrogen) atoms. The lowest BCUT2D eigenvalue weighted by Crippen LogP contribution is -2.07. The SMILES string of the molecule is CCCCC=CCCC(=O)Oc1ccc(S(=O)(=O)O)cc1. The summed E-state index contributed by atoms with van der Waals surface area (Å²) in [4.78, 5) is 11.3. The number of ether oxygens (including phenoxy) is 1. The maximum absolute atomic E-state index is 11.6. The first-order chi connectivity index (χ1) is 9.93. The Morgan fingerprint density at radius 1 is 1.19 bits per heavy atom. The summed E-state index contributed by atoms with van der Waals surface area (Å²) < 4.78 is 35.6. The van der Waals surface area contributed by atoms with Gasteiger partial charge in [-0.2, -0.15) is 8.42 Å². The van der Waals surface area contributed by atoms with Crippen LogP contribution in [0.25, 0.3) is 0 Å². The van der Waals surface area contributed by atoms with Gasteiger partial charge in [-0.3, -0.25) is 9.35 Å². The van der Waals surface area contributed by atoms with E-state index in [4.69, 9.17) is 9.29 Å². The molecule has 116 valence electrons. The van der Waals surface area contributed by atoms with Crippen LogP contribution in [-0.4, -0.2) is 18.9 Å². The zero-order chi connectivity index (χ0) is 15.7. The van der Waals surface area contributed by atoms with E-state index in [0.29, 0.717) is 6.42 Å². The van der Waals surface area contributed by atoms with Crippen molar-refractivity contribution in [3.05, 3.63) is 36.4 Å². The van der Waals surface area contributed by atoms with Crippen LogP contribution in [0, 0.1) is 0 Å². The molecule has 0 radical (unpaired) electrons. The fourth-order valence-electron chi connectivity index (χ4n) is 1.62. The first-order valence-corrected chi connectivity index (χ1v) is 8.30. The quantitative estimate of drug-likeness (QED) is 0.262. The van der Waals surface area contributed by atoms with Crippen LogP contribution in [0.4, 0.5) is 0 Å². The predicted molar refractivity (Wildman–Crippen MR) is 79.8 cm³/mol. The molecule has 0 atom stereocenters. The molecule has 0 fully saturated rings. The van der Waals surface area contributed by atoms with Crippen LogP contribution >= 0.6 is 0 Å². The van der Waals surface area contributed by atoms with Crippen molar-refractivity contribution in [3.8, 4) is 5.75 Å². The Kier molecular flexibility index (Phi) is 7.11. The van der Waals surface area contributed by atoms with E-state index in [1.54, 1.807) is 0 Å². The molecule has 0 saturated carbocycles. The van der Waals surface area contributed by atoms with E-state index in [-0.39, 0.29) is 23.0 Å². The molecule has 1 rings (SSSR count). The van der Waals surface area contributed by atoms with Crippen molar-refractivity contribution in [2.45, 2.75) is 43.9 Å². The molecule has 0 aliphatic heterocycles. The summed E-state index contributed by atoms with van der Waals surface area (Å²) in [5.74, 6) is -0.128. The molecule has 1 aromatic carbocycles. The van der Waals surface area contributed by atoms with Gasteiger partial charge in [0.15, 0.2) is 0 Å². The van der Waals surface area contributed by atoms with Crippen LogP contribution in [0.3, 0.4) is 0 Å². The van der Waals surface area contributed by atoms with Gasteiger partial charge in [0.1, 0.15) is 5.75 Å². The fourth-order valence-corrected chi connectivity index (χ4v) is 2.10. The molecule has 0 saturated heterocycles. The maximum atomic E-state index is 11.6. The Morgan fingerprint density at radius 3 is 2.38 bits per heavy atom. The summed E-state index contributed by atoms with van der Waals surface area (Å²) in [6, 6.07) is 5.03. The Balaban J connectivity index is 2.40. The van der Waals surface area contributed by atoms with Gasteiger partial charge < -0.3 is 4.74 Å². The second-order valence-corrected chi connectivity index (χ2v) is 5.99. The van der Waals surface area contributed by atoms with Crippen molar-refractivity contribution in [1.29, 1.82) is 0 Å². The summed E-state index contributed by atoms with van der Waals surface area (Å²) in [6.45, 7) is 2.12. The highest BCUT2D eigenvalue weighted by Gasteiger charge is 2.10. The van der Waals surface area contributed by atoms with E-state index in [0.717, 1.165) is 19.3 Å². The number of hydrogen-bond donors (Lipinski definition) is 1. The summed E-state index contributed by atoms with van der Waals surface area (Å²) in [7, 11) is -4.22. The maximum Gasteiger partial charge on any atom is 0.311 e. The van der Waals surface area contributed by atoms with Gasteiger partial charge in [0.25, 0.3) is 10.1 Å². The van der Waals surface area contributed by atoms with Gasteiger partial charge in [-0.15, -0.1) is 0 Å². The third-order valence-corrected chi connectivity index (χ3v) is 3.63. The van der Waals surface area contributed by atoms with Gasteiger partial charge in [-0.05, 0) is 37.1 Å². The summed E-state index contributed by atoms with van der Waals surface area (Å²) in [6.07, 6.45) is 8.19. The number of unbranched alkanes of at least 4 members (excludes halogenated alkanes) is 2. The van der Waals surface area contributed by atoms with Crippen molar-refractivity contribution >= 4 is 16.1 Å². The van der Waals surface area contributed by atoms with Gasteiger partial charge in [-0.25, -0.2) is 0 Å². The topological polar surface area (TPSA) is 80.7 Å². The third kappa shape index (κ3) is 7.06. The molecule has 0 aliphatic rings. The second kappa shape index (κ2) is 8.59. The molecule has 5 nitrogen and oxygen atoms in total. The zero-order valence-electron chi connectivity index (χ0n) is 12.0. The molecule has 0 heterocycles. The highest BCUT2D eigenvalue weighted by atomic mass is 32.2. The van der Waals surface area contributed by atoms with E-state index in [9.17, 15) is 13.2 Å². The summed E-state index contributed by atoms with van der Waals surface area (Å²) >= 11 is 0. The standard InChI is InChI=1S/C15H20O5S/c1-2-3-4-5-6-7-8-15(16)20-13-9-11-14(12-10-13)21(17,18)19/h5-6,9-12H,2-4,7-8H2,1H3,(H,17,18,19). The van der Waals surface area contributed by atoms with Gasteiger partial charge in [-0.1, -0.05) is 31.9 Å². The Morgan fingerprint density at radius 2 is 1.81 bits per heavy atom. The number of carbonyl (C=O) groups is 1. The molecule has 0 spiro atoms. The van der Waals surface area contributed by atoms with Crippen LogP contribution in [0.15, 0.2) is 41.3 Å². The van der Waals surface area contributed by atoms with E-state index in [2.05, 4.69) is 13.0 Å². The average molecular weight is 312 g/mol. The monoisotopic (exact) mass is 312 g/mol. The Labute approximate surface area is 125 Å². The van der Waals surface area contributed by atoms with E-state index in [1.807, 2.05) is 6.08 Å². The minimum Gasteiger partial charge on any atom is -0.427 e. The Bertz CT molecular complexity index is 573. The second-order valence-electron chi connectivity index (χ2n) is 4.57. The van der Waals surface area contributed by atoms with E-state index >= 15 is 0 Å². The van der Waals surface area contributed by atoms with Crippen LogP contribution in [0.2, 0.25) is 0 Å². The third-order valence-electron chi connectivity index (χ3n) is 2.76. The Hall–Kier alpha value is -1.66. The van der Waals surface area contributed by atoms with Gasteiger partial charge in [0, 0.05) is 6.42 Å². The highest BCUT2D eigenvalue weighted by molar-refractivity contribution is 7.85. The van der Waals surface area contributed by atoms with Crippen molar-refractivity contribution in [3.63, 3.8) is 0 Å². The molecule has 0 aromatic heterocycles. The number of hydrogen-bond acceptors (Lipinski definition) is 4.